The Morgan fingerprint density at radius 3 is 2.72 bits per heavy atom. The summed E-state index contributed by atoms with van der Waals surface area (Å²) in [5, 5.41) is 9.41. The van der Waals surface area contributed by atoms with E-state index >= 15 is 0 Å². The topological polar surface area (TPSA) is 67.9 Å². The van der Waals surface area contributed by atoms with Crippen molar-refractivity contribution in [1.29, 1.82) is 5.26 Å². The van der Waals surface area contributed by atoms with E-state index in [1.54, 1.807) is 35.9 Å². The quantitative estimate of drug-likeness (QED) is 0.615. The number of rotatable bonds is 4. The Labute approximate surface area is 153 Å². The molecule has 0 bridgehead atoms. The summed E-state index contributed by atoms with van der Waals surface area (Å²) in [6, 6.07) is 16.9. The minimum Gasteiger partial charge on any atom is -0.460 e. The predicted molar refractivity (Wildman–Crippen MR) is 97.4 cm³/mol. The number of hydrogen-bond donors (Lipinski definition) is 0. The van der Waals surface area contributed by atoms with Crippen molar-refractivity contribution >= 4 is 21.9 Å². The van der Waals surface area contributed by atoms with E-state index in [0.717, 1.165) is 10.0 Å². The van der Waals surface area contributed by atoms with E-state index in [2.05, 4.69) is 27.0 Å². The van der Waals surface area contributed by atoms with Crippen LogP contribution in [0, 0.1) is 11.3 Å². The summed E-state index contributed by atoms with van der Waals surface area (Å²) >= 11 is 3.41. The van der Waals surface area contributed by atoms with Crippen molar-refractivity contribution in [2.24, 2.45) is 0 Å². The van der Waals surface area contributed by atoms with Gasteiger partial charge in [0.2, 0.25) is 5.82 Å². The molecule has 5 nitrogen and oxygen atoms in total. The molecule has 6 heteroatoms. The average molecular weight is 396 g/mol. The number of esters is 1. The molecule has 0 fully saturated rings. The maximum Gasteiger partial charge on any atom is 0.374 e. The number of carbonyl (C=O) groups is 1. The van der Waals surface area contributed by atoms with Crippen LogP contribution in [0.3, 0.4) is 0 Å². The van der Waals surface area contributed by atoms with Gasteiger partial charge in [0.05, 0.1) is 23.6 Å². The normalized spacial score (nSPS) is 10.3. The minimum absolute atomic E-state index is 0.135. The molecule has 3 aromatic rings. The van der Waals surface area contributed by atoms with Crippen LogP contribution in [0.4, 0.5) is 0 Å². The van der Waals surface area contributed by atoms with Gasteiger partial charge in [-0.05, 0) is 25.1 Å². The molecule has 0 aliphatic heterocycles. The second-order valence-corrected chi connectivity index (χ2v) is 6.10. The zero-order valence-electron chi connectivity index (χ0n) is 13.4. The van der Waals surface area contributed by atoms with E-state index < -0.39 is 5.97 Å². The third-order valence-corrected chi connectivity index (χ3v) is 4.07. The molecule has 0 amide bonds. The van der Waals surface area contributed by atoms with Gasteiger partial charge in [-0.1, -0.05) is 46.3 Å². The Hall–Kier alpha value is -2.91. The van der Waals surface area contributed by atoms with Gasteiger partial charge in [0.25, 0.3) is 0 Å². The summed E-state index contributed by atoms with van der Waals surface area (Å²) in [6.07, 6.45) is 1.74. The van der Waals surface area contributed by atoms with Gasteiger partial charge in [-0.2, -0.15) is 5.26 Å². The smallest absolute Gasteiger partial charge is 0.374 e. The summed E-state index contributed by atoms with van der Waals surface area (Å²) in [4.78, 5) is 16.8. The van der Waals surface area contributed by atoms with E-state index in [1.165, 1.54) is 0 Å². The summed E-state index contributed by atoms with van der Waals surface area (Å²) in [7, 11) is 0. The molecule has 0 radical (unpaired) electrons. The Bertz CT molecular complexity index is 959. The highest BCUT2D eigenvalue weighted by Gasteiger charge is 2.20. The summed E-state index contributed by atoms with van der Waals surface area (Å²) < 4.78 is 7.52. The molecule has 0 aliphatic carbocycles. The number of hydrogen-bond acceptors (Lipinski definition) is 4. The number of nitrogens with zero attached hydrogens (tertiary/aromatic N) is 3. The lowest BCUT2D eigenvalue weighted by Crippen LogP contribution is -2.12. The highest BCUT2D eigenvalue weighted by molar-refractivity contribution is 9.10. The molecular weight excluding hydrogens is 382 g/mol. The first-order chi connectivity index (χ1) is 12.1. The maximum absolute atomic E-state index is 12.4. The van der Waals surface area contributed by atoms with Crippen LogP contribution in [-0.4, -0.2) is 22.1 Å². The lowest BCUT2D eigenvalue weighted by molar-refractivity contribution is 0.0510. The van der Waals surface area contributed by atoms with Crippen LogP contribution in [0.5, 0.6) is 0 Å². The fourth-order valence-electron chi connectivity index (χ4n) is 2.45. The van der Waals surface area contributed by atoms with Gasteiger partial charge in [0.15, 0.2) is 0 Å². The fraction of sp³-hybridized carbons (Fsp3) is 0.105. The van der Waals surface area contributed by atoms with Gasteiger partial charge < -0.3 is 4.74 Å². The monoisotopic (exact) mass is 395 g/mol. The second-order valence-electron chi connectivity index (χ2n) is 5.18. The largest absolute Gasteiger partial charge is 0.460 e. The zero-order chi connectivity index (χ0) is 17.8. The molecular formula is C19H14BrN3O2. The minimum atomic E-state index is -0.534. The van der Waals surface area contributed by atoms with Gasteiger partial charge >= 0.3 is 5.97 Å². The number of ether oxygens (including phenoxy) is 1. The highest BCUT2D eigenvalue weighted by atomic mass is 79.9. The van der Waals surface area contributed by atoms with Gasteiger partial charge in [0, 0.05) is 16.2 Å². The van der Waals surface area contributed by atoms with E-state index in [1.807, 2.05) is 30.3 Å². The molecule has 1 aromatic heterocycles. The first kappa shape index (κ1) is 16.9. The van der Waals surface area contributed by atoms with Crippen LogP contribution >= 0.6 is 15.9 Å². The molecule has 124 valence electrons. The predicted octanol–water partition coefficient (Wildman–Crippen LogP) is 4.35. The van der Waals surface area contributed by atoms with Crippen LogP contribution < -0.4 is 0 Å². The standard InChI is InChI=1S/C19H14BrN3O2/c1-2-25-19(24)18-22-16(13-6-4-3-5-7-13)12-23(18)17-10-15(20)9-8-14(17)11-21/h3-10,12H,2H2,1H3. The Morgan fingerprint density at radius 1 is 1.28 bits per heavy atom. The van der Waals surface area contributed by atoms with Crippen LogP contribution in [0.15, 0.2) is 59.2 Å². The number of aromatic nitrogens is 2. The molecule has 3 rings (SSSR count). The lowest BCUT2D eigenvalue weighted by Gasteiger charge is -2.09. The maximum atomic E-state index is 12.4. The summed E-state index contributed by atoms with van der Waals surface area (Å²) in [5.41, 5.74) is 2.51. The Balaban J connectivity index is 2.21. The van der Waals surface area contributed by atoms with Crippen molar-refractivity contribution < 1.29 is 9.53 Å². The van der Waals surface area contributed by atoms with E-state index in [0.29, 0.717) is 16.9 Å². The summed E-state index contributed by atoms with van der Waals surface area (Å²) in [5.74, 6) is -0.399. The molecule has 0 atom stereocenters. The van der Waals surface area contributed by atoms with Crippen molar-refractivity contribution in [3.63, 3.8) is 0 Å². The molecule has 0 saturated heterocycles. The van der Waals surface area contributed by atoms with Crippen molar-refractivity contribution in [1.82, 2.24) is 9.55 Å². The SMILES string of the molecule is CCOC(=O)c1nc(-c2ccccc2)cn1-c1cc(Br)ccc1C#N. The molecule has 25 heavy (non-hydrogen) atoms. The number of halogens is 1. The first-order valence-corrected chi connectivity index (χ1v) is 8.45. The number of imidazole rings is 1. The van der Waals surface area contributed by atoms with Crippen LogP contribution in [-0.2, 0) is 4.74 Å². The van der Waals surface area contributed by atoms with E-state index in [4.69, 9.17) is 4.74 Å². The summed E-state index contributed by atoms with van der Waals surface area (Å²) in [6.45, 7) is 1.99. The van der Waals surface area contributed by atoms with Gasteiger partial charge in [0.1, 0.15) is 6.07 Å². The third kappa shape index (κ3) is 3.47. The molecule has 0 unspecified atom stereocenters. The van der Waals surface area contributed by atoms with Crippen LogP contribution in [0.1, 0.15) is 23.1 Å². The van der Waals surface area contributed by atoms with Crippen molar-refractivity contribution in [2.75, 3.05) is 6.61 Å². The zero-order valence-corrected chi connectivity index (χ0v) is 15.0. The fourth-order valence-corrected chi connectivity index (χ4v) is 2.80. The van der Waals surface area contributed by atoms with Gasteiger partial charge in [-0.3, -0.25) is 4.57 Å². The molecule has 2 aromatic carbocycles. The van der Waals surface area contributed by atoms with Crippen LogP contribution in [0.2, 0.25) is 0 Å². The Kier molecular flexibility index (Phi) is 4.96. The average Bonchev–Trinajstić information content (AvgIpc) is 3.08. The van der Waals surface area contributed by atoms with Crippen molar-refractivity contribution in [3.05, 3.63) is 70.6 Å². The Morgan fingerprint density at radius 2 is 2.04 bits per heavy atom. The van der Waals surface area contributed by atoms with E-state index in [9.17, 15) is 10.1 Å². The molecule has 0 saturated carbocycles. The first-order valence-electron chi connectivity index (χ1n) is 7.66. The molecule has 0 spiro atoms. The highest BCUT2D eigenvalue weighted by Crippen LogP contribution is 2.26. The molecule has 1 heterocycles. The second kappa shape index (κ2) is 7.32. The lowest BCUT2D eigenvalue weighted by atomic mass is 10.1. The molecule has 0 aliphatic rings. The number of benzene rings is 2. The van der Waals surface area contributed by atoms with E-state index in [-0.39, 0.29) is 12.4 Å². The van der Waals surface area contributed by atoms with Crippen LogP contribution in [0.25, 0.3) is 16.9 Å². The van der Waals surface area contributed by atoms with Crippen molar-refractivity contribution in [2.45, 2.75) is 6.92 Å². The third-order valence-electron chi connectivity index (χ3n) is 3.57. The number of nitriles is 1. The number of carbonyl (C=O) groups excluding carboxylic acids is 1. The van der Waals surface area contributed by atoms with Gasteiger partial charge in [-0.15, -0.1) is 0 Å². The van der Waals surface area contributed by atoms with Gasteiger partial charge in [-0.25, -0.2) is 9.78 Å². The van der Waals surface area contributed by atoms with Crippen molar-refractivity contribution in [3.8, 4) is 23.0 Å². The molecule has 0 N–H and O–H groups in total.